The van der Waals surface area contributed by atoms with E-state index in [9.17, 15) is 0 Å². The third-order valence-corrected chi connectivity index (χ3v) is 3.14. The van der Waals surface area contributed by atoms with Crippen molar-refractivity contribution in [1.29, 1.82) is 0 Å². The maximum atomic E-state index is 4.28. The Balaban J connectivity index is 1.96. The molecule has 1 fully saturated rings. The van der Waals surface area contributed by atoms with Crippen LogP contribution in [0, 0.1) is 0 Å². The Morgan fingerprint density at radius 3 is 2.94 bits per heavy atom. The zero-order chi connectivity index (χ0) is 11.4. The number of likely N-dealkylation sites (N-methyl/N-ethyl adjacent to an activating group) is 1. The Hall–Kier alpha value is -0.810. The number of thiol groups is 1. The van der Waals surface area contributed by atoms with E-state index >= 15 is 0 Å². The maximum absolute atomic E-state index is 4.28. The average molecular weight is 238 g/mol. The predicted octanol–water partition coefficient (Wildman–Crippen LogP) is 1.24. The molecule has 4 nitrogen and oxygen atoms in total. The molecular weight excluding hydrogens is 220 g/mol. The van der Waals surface area contributed by atoms with Crippen molar-refractivity contribution < 1.29 is 0 Å². The summed E-state index contributed by atoms with van der Waals surface area (Å²) >= 11 is 4.14. The first-order valence-corrected chi connectivity index (χ1v) is 6.29. The second kappa shape index (κ2) is 5.50. The van der Waals surface area contributed by atoms with Crippen LogP contribution in [0.4, 0.5) is 5.82 Å². The van der Waals surface area contributed by atoms with Crippen LogP contribution in [0.15, 0.2) is 12.1 Å². The van der Waals surface area contributed by atoms with Crippen LogP contribution in [0.25, 0.3) is 0 Å². The molecule has 1 aliphatic heterocycles. The molecule has 1 saturated heterocycles. The molecule has 0 radical (unpaired) electrons. The minimum Gasteiger partial charge on any atom is -0.368 e. The fourth-order valence-electron chi connectivity index (χ4n) is 2.02. The first-order chi connectivity index (χ1) is 7.79. The van der Waals surface area contributed by atoms with Crippen molar-refractivity contribution in [2.24, 2.45) is 0 Å². The normalized spacial score (nSPS) is 21.2. The highest BCUT2D eigenvalue weighted by atomic mass is 32.1. The molecule has 0 saturated carbocycles. The molecule has 0 spiro atoms. The topological polar surface area (TPSA) is 41.0 Å². The van der Waals surface area contributed by atoms with E-state index in [1.54, 1.807) is 0 Å². The van der Waals surface area contributed by atoms with E-state index in [-0.39, 0.29) is 0 Å². The van der Waals surface area contributed by atoms with Crippen molar-refractivity contribution in [1.82, 2.24) is 15.1 Å². The standard InChI is InChI=1S/C11H18N4S/c1-15-6-4-9(8-15)10-2-3-11(14-13-10)12-5-7-16/h2-3,9,16H,4-8H2,1H3,(H,12,14). The lowest BCUT2D eigenvalue weighted by atomic mass is 10.1. The Kier molecular flexibility index (Phi) is 4.01. The van der Waals surface area contributed by atoms with Gasteiger partial charge in [-0.2, -0.15) is 17.7 Å². The van der Waals surface area contributed by atoms with Gasteiger partial charge in [-0.3, -0.25) is 0 Å². The largest absolute Gasteiger partial charge is 0.368 e. The van der Waals surface area contributed by atoms with Crippen LogP contribution in [0.1, 0.15) is 18.0 Å². The third kappa shape index (κ3) is 2.86. The second-order valence-electron chi connectivity index (χ2n) is 4.24. The fourth-order valence-corrected chi connectivity index (χ4v) is 2.13. The highest BCUT2D eigenvalue weighted by molar-refractivity contribution is 7.80. The number of hydrogen-bond donors (Lipinski definition) is 2. The minimum absolute atomic E-state index is 0.552. The average Bonchev–Trinajstić information content (AvgIpc) is 2.74. The van der Waals surface area contributed by atoms with Crippen molar-refractivity contribution in [3.8, 4) is 0 Å². The highest BCUT2D eigenvalue weighted by Crippen LogP contribution is 2.24. The Bertz CT molecular complexity index is 327. The van der Waals surface area contributed by atoms with Gasteiger partial charge in [-0.1, -0.05) is 0 Å². The molecule has 1 aromatic rings. The summed E-state index contributed by atoms with van der Waals surface area (Å²) in [4.78, 5) is 2.33. The molecular formula is C11H18N4S. The maximum Gasteiger partial charge on any atom is 0.148 e. The van der Waals surface area contributed by atoms with E-state index in [1.807, 2.05) is 6.07 Å². The molecule has 88 valence electrons. The number of rotatable bonds is 4. The van der Waals surface area contributed by atoms with E-state index in [0.29, 0.717) is 5.92 Å². The van der Waals surface area contributed by atoms with Crippen molar-refractivity contribution in [3.05, 3.63) is 17.8 Å². The summed E-state index contributed by atoms with van der Waals surface area (Å²) in [6.45, 7) is 3.08. The monoisotopic (exact) mass is 238 g/mol. The van der Waals surface area contributed by atoms with Crippen LogP contribution in [-0.4, -0.2) is 47.5 Å². The molecule has 1 unspecified atom stereocenters. The molecule has 1 N–H and O–H groups in total. The van der Waals surface area contributed by atoms with E-state index in [1.165, 1.54) is 6.42 Å². The molecule has 2 heterocycles. The highest BCUT2D eigenvalue weighted by Gasteiger charge is 2.22. The molecule has 0 aliphatic carbocycles. The lowest BCUT2D eigenvalue weighted by Gasteiger charge is -2.09. The van der Waals surface area contributed by atoms with Gasteiger partial charge in [0.1, 0.15) is 5.82 Å². The van der Waals surface area contributed by atoms with Gasteiger partial charge >= 0.3 is 0 Å². The Morgan fingerprint density at radius 2 is 2.38 bits per heavy atom. The molecule has 5 heteroatoms. The number of nitrogens with one attached hydrogen (secondary N) is 1. The van der Waals surface area contributed by atoms with Crippen LogP contribution >= 0.6 is 12.6 Å². The number of nitrogens with zero attached hydrogens (tertiary/aromatic N) is 3. The van der Waals surface area contributed by atoms with Gasteiger partial charge in [0.15, 0.2) is 0 Å². The van der Waals surface area contributed by atoms with Crippen molar-refractivity contribution in [2.45, 2.75) is 12.3 Å². The van der Waals surface area contributed by atoms with E-state index in [4.69, 9.17) is 0 Å². The van der Waals surface area contributed by atoms with Crippen LogP contribution in [-0.2, 0) is 0 Å². The first-order valence-electron chi connectivity index (χ1n) is 5.66. The van der Waals surface area contributed by atoms with Crippen molar-refractivity contribution in [3.63, 3.8) is 0 Å². The molecule has 2 rings (SSSR count). The van der Waals surface area contributed by atoms with Crippen molar-refractivity contribution >= 4 is 18.4 Å². The molecule has 1 aromatic heterocycles. The van der Waals surface area contributed by atoms with Crippen LogP contribution in [0.2, 0.25) is 0 Å². The summed E-state index contributed by atoms with van der Waals surface area (Å²) < 4.78 is 0. The van der Waals surface area contributed by atoms with Gasteiger partial charge in [-0.15, -0.1) is 5.10 Å². The summed E-state index contributed by atoms with van der Waals surface area (Å²) in [5.74, 6) is 2.19. The number of aromatic nitrogens is 2. The van der Waals surface area contributed by atoms with E-state index in [2.05, 4.69) is 46.2 Å². The molecule has 0 amide bonds. The molecule has 16 heavy (non-hydrogen) atoms. The van der Waals surface area contributed by atoms with Gasteiger partial charge in [0.05, 0.1) is 5.69 Å². The quantitative estimate of drug-likeness (QED) is 0.774. The summed E-state index contributed by atoms with van der Waals surface area (Å²) in [5, 5.41) is 11.6. The Morgan fingerprint density at radius 1 is 1.50 bits per heavy atom. The van der Waals surface area contributed by atoms with E-state index in [0.717, 1.165) is 36.9 Å². The summed E-state index contributed by atoms with van der Waals surface area (Å²) in [7, 11) is 2.15. The van der Waals surface area contributed by atoms with Gasteiger partial charge in [-0.05, 0) is 32.1 Å². The fraction of sp³-hybridized carbons (Fsp3) is 0.636. The lowest BCUT2D eigenvalue weighted by molar-refractivity contribution is 0.410. The number of likely N-dealkylation sites (tertiary alicyclic amines) is 1. The van der Waals surface area contributed by atoms with Gasteiger partial charge in [0, 0.05) is 24.8 Å². The third-order valence-electron chi connectivity index (χ3n) is 2.91. The van der Waals surface area contributed by atoms with Gasteiger partial charge in [-0.25, -0.2) is 0 Å². The van der Waals surface area contributed by atoms with Crippen LogP contribution < -0.4 is 5.32 Å². The molecule has 1 atom stereocenters. The summed E-state index contributed by atoms with van der Waals surface area (Å²) in [6, 6.07) is 4.09. The van der Waals surface area contributed by atoms with Gasteiger partial charge in [0.25, 0.3) is 0 Å². The SMILES string of the molecule is CN1CCC(c2ccc(NCCS)nn2)C1. The zero-order valence-electron chi connectivity index (χ0n) is 9.56. The summed E-state index contributed by atoms with van der Waals surface area (Å²) in [6.07, 6.45) is 1.19. The second-order valence-corrected chi connectivity index (χ2v) is 4.69. The Labute approximate surface area is 102 Å². The molecule has 1 aliphatic rings. The summed E-state index contributed by atoms with van der Waals surface area (Å²) in [5.41, 5.74) is 1.11. The molecule has 0 aromatic carbocycles. The van der Waals surface area contributed by atoms with Gasteiger partial charge in [0.2, 0.25) is 0 Å². The van der Waals surface area contributed by atoms with Crippen molar-refractivity contribution in [2.75, 3.05) is 37.8 Å². The van der Waals surface area contributed by atoms with Crippen LogP contribution in [0.3, 0.4) is 0 Å². The number of anilines is 1. The zero-order valence-corrected chi connectivity index (χ0v) is 10.5. The predicted molar refractivity (Wildman–Crippen MR) is 69.2 cm³/mol. The van der Waals surface area contributed by atoms with Gasteiger partial charge < -0.3 is 10.2 Å². The molecule has 0 bridgehead atoms. The lowest BCUT2D eigenvalue weighted by Crippen LogP contribution is -2.14. The van der Waals surface area contributed by atoms with E-state index < -0.39 is 0 Å². The number of hydrogen-bond acceptors (Lipinski definition) is 5. The smallest absolute Gasteiger partial charge is 0.148 e. The van der Waals surface area contributed by atoms with Crippen LogP contribution in [0.5, 0.6) is 0 Å². The first kappa shape index (κ1) is 11.7. The minimum atomic E-state index is 0.552.